The summed E-state index contributed by atoms with van der Waals surface area (Å²) in [7, 11) is 0. The molecule has 0 aromatic heterocycles. The predicted octanol–water partition coefficient (Wildman–Crippen LogP) is -2.52. The molecule has 7 N–H and O–H groups in total. The van der Waals surface area contributed by atoms with Crippen LogP contribution >= 0.6 is 0 Å². The normalized spacial score (nSPS) is 9.11. The molecule has 0 aliphatic carbocycles. The first-order chi connectivity index (χ1) is 3.73. The van der Waals surface area contributed by atoms with Crippen molar-refractivity contribution in [3.8, 4) is 0 Å². The first-order valence-electron chi connectivity index (χ1n) is 1.53. The van der Waals surface area contributed by atoms with Crippen molar-refractivity contribution in [1.29, 1.82) is 5.41 Å². The number of hydrogen-bond acceptors (Lipinski definition) is 3. The third-order valence-electron chi connectivity index (χ3n) is 0. The van der Waals surface area contributed by atoms with Gasteiger partial charge in [0.05, 0.1) is 0 Å². The van der Waals surface area contributed by atoms with Gasteiger partial charge in [-0.25, -0.2) is 0 Å². The molecule has 0 atom stereocenters. The summed E-state index contributed by atoms with van der Waals surface area (Å²) in [5.41, 5.74) is 8.94. The SMILES string of the molecule is N=C(N)N.[O]=[Cr](=[O])([OH])[OH]. The van der Waals surface area contributed by atoms with Gasteiger partial charge in [0.2, 0.25) is 0 Å². The number of nitrogens with two attached hydrogens (primary N) is 2. The Balaban J connectivity index is 0. The zero-order chi connectivity index (χ0) is 8.08. The van der Waals surface area contributed by atoms with Gasteiger partial charge in [-0.1, -0.05) is 0 Å². The van der Waals surface area contributed by atoms with E-state index >= 15 is 0 Å². The molecule has 0 fully saturated rings. The van der Waals surface area contributed by atoms with E-state index in [9.17, 15) is 0 Å². The fourth-order valence-corrected chi connectivity index (χ4v) is 0. The number of nitrogens with one attached hydrogen (secondary N) is 1. The molecule has 0 amide bonds. The van der Waals surface area contributed by atoms with E-state index in [0.717, 1.165) is 0 Å². The third kappa shape index (κ3) is 452. The number of hydrogen-bond donors (Lipinski definition) is 5. The number of guanidine groups is 1. The van der Waals surface area contributed by atoms with Gasteiger partial charge in [-0.05, 0) is 0 Å². The molecule has 0 spiro atoms. The summed E-state index contributed by atoms with van der Waals surface area (Å²) in [6.07, 6.45) is 0. The molecule has 0 aromatic rings. The van der Waals surface area contributed by atoms with Crippen molar-refractivity contribution >= 4 is 5.96 Å². The summed E-state index contributed by atoms with van der Waals surface area (Å²) in [5, 5.41) is 6.06. The van der Waals surface area contributed by atoms with Crippen molar-refractivity contribution < 1.29 is 29.5 Å². The van der Waals surface area contributed by atoms with E-state index in [-0.39, 0.29) is 5.96 Å². The molecule has 0 aliphatic rings. The molecular formula is CH7CrN3O4. The van der Waals surface area contributed by atoms with Crippen LogP contribution in [-0.4, -0.2) is 14.3 Å². The van der Waals surface area contributed by atoms with Crippen LogP contribution in [0.5, 0.6) is 0 Å². The topological polar surface area (TPSA) is 150 Å². The maximum atomic E-state index is 8.82. The Kier molecular flexibility index (Phi) is 5.24. The Labute approximate surface area is 53.2 Å². The van der Waals surface area contributed by atoms with E-state index in [0.29, 0.717) is 0 Å². The van der Waals surface area contributed by atoms with E-state index in [1.54, 1.807) is 0 Å². The van der Waals surface area contributed by atoms with Crippen molar-refractivity contribution in [2.24, 2.45) is 11.5 Å². The van der Waals surface area contributed by atoms with Gasteiger partial charge in [0, 0.05) is 0 Å². The molecule has 7 nitrogen and oxygen atoms in total. The second kappa shape index (κ2) is 4.23. The van der Waals surface area contributed by atoms with Crippen molar-refractivity contribution in [2.45, 2.75) is 0 Å². The quantitative estimate of drug-likeness (QED) is 0.203. The van der Waals surface area contributed by atoms with Crippen LogP contribution in [0.4, 0.5) is 0 Å². The molecule has 0 heterocycles. The first kappa shape index (κ1) is 11.2. The minimum atomic E-state index is -5.25. The minimum absolute atomic E-state index is 0.333. The molecule has 56 valence electrons. The molecule has 0 bridgehead atoms. The monoisotopic (exact) mass is 177 g/mol. The van der Waals surface area contributed by atoms with Crippen LogP contribution in [0.3, 0.4) is 0 Å². The zero-order valence-corrected chi connectivity index (χ0v) is 5.55. The molecule has 0 rings (SSSR count). The van der Waals surface area contributed by atoms with Crippen molar-refractivity contribution in [3.05, 3.63) is 0 Å². The fourth-order valence-electron chi connectivity index (χ4n) is 0. The van der Waals surface area contributed by atoms with Gasteiger partial charge in [0.15, 0.2) is 5.96 Å². The molecule has 0 aromatic carbocycles. The summed E-state index contributed by atoms with van der Waals surface area (Å²) < 4.78 is 31.9. The van der Waals surface area contributed by atoms with E-state index < -0.39 is 13.6 Å². The Morgan fingerprint density at radius 1 is 1.33 bits per heavy atom. The van der Waals surface area contributed by atoms with Crippen LogP contribution in [0, 0.1) is 5.41 Å². The third-order valence-corrected chi connectivity index (χ3v) is 0. The second-order valence-corrected chi connectivity index (χ2v) is 2.30. The average Bonchev–Trinajstić information content (AvgIpc) is 1.19. The molecule has 0 unspecified atom stereocenters. The molecule has 0 saturated heterocycles. The Hall–Kier alpha value is -0.678. The van der Waals surface area contributed by atoms with Gasteiger partial charge in [0.1, 0.15) is 0 Å². The Morgan fingerprint density at radius 2 is 1.33 bits per heavy atom. The molecule has 0 saturated carbocycles. The second-order valence-electron chi connectivity index (χ2n) is 0.903. The van der Waals surface area contributed by atoms with Gasteiger partial charge in [-0.2, -0.15) is 0 Å². The number of rotatable bonds is 0. The van der Waals surface area contributed by atoms with Crippen molar-refractivity contribution in [1.82, 2.24) is 0 Å². The summed E-state index contributed by atoms with van der Waals surface area (Å²) in [6.45, 7) is 0. The summed E-state index contributed by atoms with van der Waals surface area (Å²) >= 11 is -5.25. The maximum absolute atomic E-state index is 8.82. The summed E-state index contributed by atoms with van der Waals surface area (Å²) in [4.78, 5) is 0. The zero-order valence-electron chi connectivity index (χ0n) is 4.27. The molecular weight excluding hydrogens is 170 g/mol. The van der Waals surface area contributed by atoms with Crippen LogP contribution < -0.4 is 11.5 Å². The molecule has 9 heavy (non-hydrogen) atoms. The predicted molar refractivity (Wildman–Crippen MR) is 21.9 cm³/mol. The molecule has 8 heteroatoms. The van der Waals surface area contributed by atoms with Gasteiger partial charge in [-0.3, -0.25) is 5.41 Å². The van der Waals surface area contributed by atoms with Crippen molar-refractivity contribution in [3.63, 3.8) is 0 Å². The van der Waals surface area contributed by atoms with Crippen LogP contribution in [-0.2, 0) is 21.2 Å². The molecule has 0 aliphatic heterocycles. The van der Waals surface area contributed by atoms with Crippen LogP contribution in [0.2, 0.25) is 0 Å². The molecule has 0 radical (unpaired) electrons. The van der Waals surface area contributed by atoms with Gasteiger partial charge in [-0.15, -0.1) is 0 Å². The van der Waals surface area contributed by atoms with E-state index in [1.165, 1.54) is 0 Å². The fraction of sp³-hybridized carbons (Fsp3) is 0. The van der Waals surface area contributed by atoms with E-state index in [2.05, 4.69) is 11.5 Å². The van der Waals surface area contributed by atoms with E-state index in [1.807, 2.05) is 0 Å². The van der Waals surface area contributed by atoms with Gasteiger partial charge in [0.25, 0.3) is 0 Å². The summed E-state index contributed by atoms with van der Waals surface area (Å²) in [6, 6.07) is 0. The summed E-state index contributed by atoms with van der Waals surface area (Å²) in [5.74, 6) is -0.333. The van der Waals surface area contributed by atoms with E-state index in [4.69, 9.17) is 21.3 Å². The average molecular weight is 177 g/mol. The van der Waals surface area contributed by atoms with Gasteiger partial charge >= 0.3 is 29.5 Å². The standard InChI is InChI=1S/CH5N3.Cr.2H2O.2O/c2-1(3)4;;;;;/h(H5,2,3,4);;2*1H2;;/q;+2;;;;/p-2. The van der Waals surface area contributed by atoms with Crippen molar-refractivity contribution in [2.75, 3.05) is 0 Å². The van der Waals surface area contributed by atoms with Crippen LogP contribution in [0.25, 0.3) is 0 Å². The Bertz CT molecular complexity index is 158. The van der Waals surface area contributed by atoms with Crippen LogP contribution in [0.15, 0.2) is 0 Å². The Morgan fingerprint density at radius 3 is 1.33 bits per heavy atom. The first-order valence-corrected chi connectivity index (χ1v) is 3.71. The van der Waals surface area contributed by atoms with Crippen LogP contribution in [0.1, 0.15) is 0 Å². The van der Waals surface area contributed by atoms with Gasteiger partial charge < -0.3 is 11.5 Å².